The number of benzene rings is 1. The van der Waals surface area contributed by atoms with Gasteiger partial charge in [-0.25, -0.2) is 0 Å². The molecule has 18 heavy (non-hydrogen) atoms. The van der Waals surface area contributed by atoms with E-state index in [4.69, 9.17) is 0 Å². The Morgan fingerprint density at radius 1 is 1.06 bits per heavy atom. The molecule has 0 aliphatic carbocycles. The molecule has 5 heteroatoms. The summed E-state index contributed by atoms with van der Waals surface area (Å²) in [6, 6.07) is 9.39. The number of carbonyl (C=O) groups is 1. The minimum Gasteiger partial charge on any atom is -0.267 e. The first-order valence-corrected chi connectivity index (χ1v) is 6.98. The maximum atomic E-state index is 12.1. The maximum absolute atomic E-state index is 12.1. The van der Waals surface area contributed by atoms with Crippen molar-refractivity contribution in [2.24, 2.45) is 0 Å². The van der Waals surface area contributed by atoms with Crippen LogP contribution in [0.15, 0.2) is 39.3 Å². The van der Waals surface area contributed by atoms with E-state index in [2.05, 4.69) is 37.3 Å². The first-order chi connectivity index (χ1) is 8.47. The molecule has 1 heterocycles. The lowest BCUT2D eigenvalue weighted by Crippen LogP contribution is -2.24. The van der Waals surface area contributed by atoms with Crippen LogP contribution in [0.1, 0.15) is 21.7 Å². The molecule has 1 aromatic carbocycles. The molecule has 0 unspecified atom stereocenters. The fraction of sp³-hybridized carbons (Fsp3) is 0.154. The smallest absolute Gasteiger partial charge is 0.267 e. The van der Waals surface area contributed by atoms with E-state index in [0.717, 1.165) is 20.3 Å². The summed E-state index contributed by atoms with van der Waals surface area (Å²) >= 11 is 6.74. The first-order valence-electron chi connectivity index (χ1n) is 5.40. The molecule has 0 saturated carbocycles. The molecular formula is C13H12Br2N2O. The number of aromatic nitrogens is 1. The molecule has 0 saturated heterocycles. The normalized spacial score (nSPS) is 10.4. The number of nitrogens with one attached hydrogen (secondary N) is 1. The molecule has 0 fully saturated rings. The number of nitrogens with zero attached hydrogens (tertiary/aromatic N) is 1. The van der Waals surface area contributed by atoms with Crippen LogP contribution >= 0.6 is 31.9 Å². The van der Waals surface area contributed by atoms with Crippen LogP contribution in [0.5, 0.6) is 0 Å². The van der Waals surface area contributed by atoms with Crippen LogP contribution in [-0.2, 0) is 0 Å². The molecule has 94 valence electrons. The molecule has 0 aliphatic rings. The van der Waals surface area contributed by atoms with E-state index >= 15 is 0 Å². The van der Waals surface area contributed by atoms with Crippen molar-refractivity contribution in [1.82, 2.24) is 4.68 Å². The van der Waals surface area contributed by atoms with Crippen molar-refractivity contribution in [2.75, 3.05) is 5.43 Å². The third-order valence-corrected chi connectivity index (χ3v) is 3.52. The zero-order valence-electron chi connectivity index (χ0n) is 10.00. The molecule has 3 nitrogen and oxygen atoms in total. The summed E-state index contributed by atoms with van der Waals surface area (Å²) in [4.78, 5) is 12.1. The molecular weight excluding hydrogens is 360 g/mol. The van der Waals surface area contributed by atoms with Crippen molar-refractivity contribution < 1.29 is 4.79 Å². The second kappa shape index (κ2) is 5.28. The topological polar surface area (TPSA) is 34.0 Å². The minimum atomic E-state index is -0.139. The number of carbonyl (C=O) groups excluding carboxylic acids is 1. The van der Waals surface area contributed by atoms with Gasteiger partial charge in [0.2, 0.25) is 0 Å². The number of hydrogen-bond acceptors (Lipinski definition) is 1. The van der Waals surface area contributed by atoms with E-state index in [-0.39, 0.29) is 5.91 Å². The monoisotopic (exact) mass is 370 g/mol. The highest BCUT2D eigenvalue weighted by molar-refractivity contribution is 9.11. The number of aryl methyl sites for hydroxylation is 2. The Balaban J connectivity index is 2.27. The highest BCUT2D eigenvalue weighted by atomic mass is 79.9. The van der Waals surface area contributed by atoms with Crippen molar-refractivity contribution in [3.05, 3.63) is 56.2 Å². The maximum Gasteiger partial charge on any atom is 0.270 e. The highest BCUT2D eigenvalue weighted by Gasteiger charge is 2.10. The molecule has 1 amide bonds. The van der Waals surface area contributed by atoms with E-state index in [9.17, 15) is 4.79 Å². The quantitative estimate of drug-likeness (QED) is 0.850. The lowest BCUT2D eigenvalue weighted by molar-refractivity contribution is 0.101. The largest absolute Gasteiger partial charge is 0.270 e. The molecule has 2 rings (SSSR count). The van der Waals surface area contributed by atoms with Gasteiger partial charge in [-0.1, -0.05) is 31.9 Å². The summed E-state index contributed by atoms with van der Waals surface area (Å²) in [5, 5.41) is 0. The summed E-state index contributed by atoms with van der Waals surface area (Å²) in [6.45, 7) is 3.90. The second-order valence-electron chi connectivity index (χ2n) is 4.05. The zero-order chi connectivity index (χ0) is 13.3. The summed E-state index contributed by atoms with van der Waals surface area (Å²) < 4.78 is 3.50. The van der Waals surface area contributed by atoms with Crippen LogP contribution < -0.4 is 5.43 Å². The van der Waals surface area contributed by atoms with Crippen LogP contribution in [-0.4, -0.2) is 10.6 Å². The van der Waals surface area contributed by atoms with Crippen molar-refractivity contribution in [1.29, 1.82) is 0 Å². The van der Waals surface area contributed by atoms with Gasteiger partial charge >= 0.3 is 0 Å². The van der Waals surface area contributed by atoms with Gasteiger partial charge < -0.3 is 0 Å². The lowest BCUT2D eigenvalue weighted by atomic mass is 10.2. The Labute approximate surface area is 122 Å². The summed E-state index contributed by atoms with van der Waals surface area (Å²) in [5.74, 6) is -0.139. The van der Waals surface area contributed by atoms with Crippen LogP contribution in [0, 0.1) is 13.8 Å². The van der Waals surface area contributed by atoms with E-state index in [1.165, 1.54) is 0 Å². The van der Waals surface area contributed by atoms with Gasteiger partial charge in [-0.15, -0.1) is 0 Å². The Kier molecular flexibility index (Phi) is 3.92. The van der Waals surface area contributed by atoms with Gasteiger partial charge in [0, 0.05) is 25.9 Å². The molecule has 0 atom stereocenters. The lowest BCUT2D eigenvalue weighted by Gasteiger charge is -2.11. The number of hydrogen-bond donors (Lipinski definition) is 1. The average Bonchev–Trinajstić information content (AvgIpc) is 2.59. The van der Waals surface area contributed by atoms with E-state index < -0.39 is 0 Å². The third kappa shape index (κ3) is 2.84. The van der Waals surface area contributed by atoms with Crippen molar-refractivity contribution in [3.63, 3.8) is 0 Å². The first kappa shape index (κ1) is 13.4. The summed E-state index contributed by atoms with van der Waals surface area (Å²) in [7, 11) is 0. The number of rotatable bonds is 2. The summed E-state index contributed by atoms with van der Waals surface area (Å²) in [6.07, 6.45) is 0. The van der Waals surface area contributed by atoms with Crippen LogP contribution in [0.25, 0.3) is 0 Å². The molecule has 0 aliphatic heterocycles. The minimum absolute atomic E-state index is 0.139. The van der Waals surface area contributed by atoms with Crippen LogP contribution in [0.2, 0.25) is 0 Å². The summed E-state index contributed by atoms with van der Waals surface area (Å²) in [5.41, 5.74) is 5.46. The Bertz CT molecular complexity index is 565. The van der Waals surface area contributed by atoms with E-state index in [0.29, 0.717) is 5.56 Å². The predicted molar refractivity (Wildman–Crippen MR) is 79.4 cm³/mol. The molecule has 2 aromatic rings. The molecule has 0 radical (unpaired) electrons. The van der Waals surface area contributed by atoms with Crippen molar-refractivity contribution >= 4 is 37.8 Å². The Morgan fingerprint density at radius 2 is 1.56 bits per heavy atom. The van der Waals surface area contributed by atoms with Gasteiger partial charge in [-0.2, -0.15) is 0 Å². The standard InChI is InChI=1S/C13H12Br2N2O/c1-8-3-4-9(2)17(8)16-13(18)10-5-11(14)7-12(15)6-10/h3-7H,1-2H3,(H,16,18). The van der Waals surface area contributed by atoms with Crippen LogP contribution in [0.4, 0.5) is 0 Å². The molecule has 1 aromatic heterocycles. The Hall–Kier alpha value is -1.07. The number of amides is 1. The van der Waals surface area contributed by atoms with Crippen LogP contribution in [0.3, 0.4) is 0 Å². The highest BCUT2D eigenvalue weighted by Crippen LogP contribution is 2.20. The molecule has 0 spiro atoms. The van der Waals surface area contributed by atoms with Gasteiger partial charge in [0.1, 0.15) is 0 Å². The second-order valence-corrected chi connectivity index (χ2v) is 5.88. The fourth-order valence-electron chi connectivity index (χ4n) is 1.70. The fourth-order valence-corrected chi connectivity index (χ4v) is 2.99. The third-order valence-electron chi connectivity index (χ3n) is 2.61. The van der Waals surface area contributed by atoms with Gasteiger partial charge in [-0.3, -0.25) is 14.9 Å². The van der Waals surface area contributed by atoms with Gasteiger partial charge in [-0.05, 0) is 44.2 Å². The molecule has 1 N–H and O–H groups in total. The van der Waals surface area contributed by atoms with E-state index in [1.807, 2.05) is 32.0 Å². The van der Waals surface area contributed by atoms with E-state index in [1.54, 1.807) is 16.8 Å². The average molecular weight is 372 g/mol. The van der Waals surface area contributed by atoms with Gasteiger partial charge in [0.25, 0.3) is 5.91 Å². The zero-order valence-corrected chi connectivity index (χ0v) is 13.2. The van der Waals surface area contributed by atoms with Crippen molar-refractivity contribution in [3.8, 4) is 0 Å². The molecule has 0 bridgehead atoms. The van der Waals surface area contributed by atoms with Crippen molar-refractivity contribution in [2.45, 2.75) is 13.8 Å². The number of halogens is 2. The van der Waals surface area contributed by atoms with Gasteiger partial charge in [0.05, 0.1) is 0 Å². The van der Waals surface area contributed by atoms with Gasteiger partial charge in [0.15, 0.2) is 0 Å². The Morgan fingerprint density at radius 3 is 2.06 bits per heavy atom. The SMILES string of the molecule is Cc1ccc(C)n1NC(=O)c1cc(Br)cc(Br)c1. The predicted octanol–water partition coefficient (Wildman–Crippen LogP) is 4.01.